The molecule has 0 aliphatic carbocycles. The fourth-order valence-electron chi connectivity index (χ4n) is 2.90. The van der Waals surface area contributed by atoms with Crippen molar-refractivity contribution in [2.24, 2.45) is 0 Å². The van der Waals surface area contributed by atoms with Crippen LogP contribution in [0.2, 0.25) is 0 Å². The molecular weight excluding hydrogens is 326 g/mol. The highest BCUT2D eigenvalue weighted by atomic mass is 35.5. The van der Waals surface area contributed by atoms with Crippen molar-refractivity contribution in [1.29, 1.82) is 0 Å². The average molecular weight is 354 g/mol. The van der Waals surface area contributed by atoms with Crippen LogP contribution in [0.25, 0.3) is 0 Å². The lowest BCUT2D eigenvalue weighted by Crippen LogP contribution is -2.49. The number of amides is 2. The zero-order valence-electron chi connectivity index (χ0n) is 14.3. The number of halogens is 1. The van der Waals surface area contributed by atoms with Crippen molar-refractivity contribution in [3.05, 3.63) is 35.9 Å². The number of rotatable bonds is 8. The van der Waals surface area contributed by atoms with Gasteiger partial charge in [0.25, 0.3) is 0 Å². The van der Waals surface area contributed by atoms with Crippen molar-refractivity contribution in [1.82, 2.24) is 15.5 Å². The van der Waals surface area contributed by atoms with Gasteiger partial charge in [-0.15, -0.1) is 12.4 Å². The topological polar surface area (TPSA) is 61.4 Å². The van der Waals surface area contributed by atoms with Crippen LogP contribution in [-0.4, -0.2) is 49.4 Å². The summed E-state index contributed by atoms with van der Waals surface area (Å²) in [6.07, 6.45) is 3.88. The highest BCUT2D eigenvalue weighted by molar-refractivity contribution is 5.88. The lowest BCUT2D eigenvalue weighted by Gasteiger charge is -2.24. The molecule has 5 nitrogen and oxygen atoms in total. The number of carbonyl (C=O) groups excluding carboxylic acids is 2. The molecule has 1 aliphatic rings. The number of carbonyl (C=O) groups is 2. The molecule has 0 spiro atoms. The number of hydrogen-bond donors (Lipinski definition) is 2. The molecule has 0 radical (unpaired) electrons. The van der Waals surface area contributed by atoms with Crippen molar-refractivity contribution in [3.63, 3.8) is 0 Å². The normalized spacial score (nSPS) is 14.8. The Balaban J connectivity index is 0.00000288. The highest BCUT2D eigenvalue weighted by Gasteiger charge is 2.27. The van der Waals surface area contributed by atoms with Crippen molar-refractivity contribution in [2.75, 3.05) is 26.7 Å². The first-order chi connectivity index (χ1) is 11.2. The molecule has 2 N–H and O–H groups in total. The molecule has 1 aromatic rings. The number of benzene rings is 1. The first-order valence-electron chi connectivity index (χ1n) is 8.47. The SMILES string of the molecule is CNCCCC(=O)NC(Cc1ccccc1)C(=O)N1CCCC1.Cl. The van der Waals surface area contributed by atoms with Gasteiger partial charge in [0.1, 0.15) is 6.04 Å². The van der Waals surface area contributed by atoms with Gasteiger partial charge in [0.05, 0.1) is 0 Å². The monoisotopic (exact) mass is 353 g/mol. The number of likely N-dealkylation sites (tertiary alicyclic amines) is 1. The Kier molecular flexibility index (Phi) is 9.42. The summed E-state index contributed by atoms with van der Waals surface area (Å²) in [5, 5.41) is 5.97. The molecule has 1 heterocycles. The number of hydrogen-bond acceptors (Lipinski definition) is 3. The van der Waals surface area contributed by atoms with Crippen LogP contribution in [0.1, 0.15) is 31.2 Å². The quantitative estimate of drug-likeness (QED) is 0.700. The summed E-state index contributed by atoms with van der Waals surface area (Å²) in [6.45, 7) is 2.41. The Labute approximate surface area is 150 Å². The molecule has 1 atom stereocenters. The molecule has 6 heteroatoms. The third-order valence-corrected chi connectivity index (χ3v) is 4.16. The van der Waals surface area contributed by atoms with E-state index in [1.165, 1.54) is 0 Å². The minimum Gasteiger partial charge on any atom is -0.344 e. The fraction of sp³-hybridized carbons (Fsp3) is 0.556. The fourth-order valence-corrected chi connectivity index (χ4v) is 2.90. The third kappa shape index (κ3) is 6.49. The second kappa shape index (κ2) is 11.0. The predicted molar refractivity (Wildman–Crippen MR) is 98.3 cm³/mol. The number of nitrogens with one attached hydrogen (secondary N) is 2. The smallest absolute Gasteiger partial charge is 0.245 e. The van der Waals surface area contributed by atoms with Gasteiger partial charge >= 0.3 is 0 Å². The Bertz CT molecular complexity index is 504. The second-order valence-corrected chi connectivity index (χ2v) is 6.05. The zero-order chi connectivity index (χ0) is 16.5. The van der Waals surface area contributed by atoms with Crippen LogP contribution >= 0.6 is 12.4 Å². The van der Waals surface area contributed by atoms with E-state index >= 15 is 0 Å². The maximum atomic E-state index is 12.7. The van der Waals surface area contributed by atoms with E-state index in [2.05, 4.69) is 10.6 Å². The lowest BCUT2D eigenvalue weighted by atomic mass is 10.0. The molecule has 2 amide bonds. The van der Waals surface area contributed by atoms with Crippen molar-refractivity contribution in [2.45, 2.75) is 38.1 Å². The maximum absolute atomic E-state index is 12.7. The van der Waals surface area contributed by atoms with E-state index in [-0.39, 0.29) is 24.2 Å². The second-order valence-electron chi connectivity index (χ2n) is 6.05. The Hall–Kier alpha value is -1.59. The first kappa shape index (κ1) is 20.5. The molecule has 1 unspecified atom stereocenters. The van der Waals surface area contributed by atoms with Crippen molar-refractivity contribution < 1.29 is 9.59 Å². The van der Waals surface area contributed by atoms with E-state index in [4.69, 9.17) is 0 Å². The molecule has 2 rings (SSSR count). The van der Waals surface area contributed by atoms with Gasteiger partial charge in [-0.25, -0.2) is 0 Å². The molecule has 0 bridgehead atoms. The van der Waals surface area contributed by atoms with E-state index in [0.717, 1.165) is 44.5 Å². The Morgan fingerprint density at radius 2 is 1.83 bits per heavy atom. The van der Waals surface area contributed by atoms with Gasteiger partial charge in [-0.2, -0.15) is 0 Å². The third-order valence-electron chi connectivity index (χ3n) is 4.16. The molecule has 1 aliphatic heterocycles. The van der Waals surface area contributed by atoms with E-state index in [9.17, 15) is 9.59 Å². The van der Waals surface area contributed by atoms with Crippen molar-refractivity contribution >= 4 is 24.2 Å². The lowest BCUT2D eigenvalue weighted by molar-refractivity contribution is -0.135. The summed E-state index contributed by atoms with van der Waals surface area (Å²) < 4.78 is 0. The highest BCUT2D eigenvalue weighted by Crippen LogP contribution is 2.12. The molecule has 1 fully saturated rings. The van der Waals surface area contributed by atoms with Crippen LogP contribution < -0.4 is 10.6 Å². The molecule has 1 aromatic carbocycles. The van der Waals surface area contributed by atoms with Crippen LogP contribution in [0, 0.1) is 0 Å². The van der Waals surface area contributed by atoms with Gasteiger partial charge < -0.3 is 15.5 Å². The molecule has 1 saturated heterocycles. The predicted octanol–water partition coefficient (Wildman–Crippen LogP) is 1.76. The molecule has 24 heavy (non-hydrogen) atoms. The molecule has 134 valence electrons. The van der Waals surface area contributed by atoms with Crippen LogP contribution in [0.5, 0.6) is 0 Å². The summed E-state index contributed by atoms with van der Waals surface area (Å²) in [7, 11) is 1.87. The summed E-state index contributed by atoms with van der Waals surface area (Å²) in [4.78, 5) is 26.7. The molecule has 0 aromatic heterocycles. The van der Waals surface area contributed by atoms with E-state index < -0.39 is 6.04 Å². The maximum Gasteiger partial charge on any atom is 0.245 e. The summed E-state index contributed by atoms with van der Waals surface area (Å²) in [6, 6.07) is 9.41. The van der Waals surface area contributed by atoms with Gasteiger partial charge in [-0.3, -0.25) is 9.59 Å². The van der Waals surface area contributed by atoms with Crippen LogP contribution in [-0.2, 0) is 16.0 Å². The van der Waals surface area contributed by atoms with Crippen LogP contribution in [0.3, 0.4) is 0 Å². The molecular formula is C18H28ClN3O2. The minimum atomic E-state index is -0.461. The van der Waals surface area contributed by atoms with E-state index in [1.54, 1.807) is 0 Å². The summed E-state index contributed by atoms with van der Waals surface area (Å²) in [5.41, 5.74) is 1.07. The Morgan fingerprint density at radius 1 is 1.17 bits per heavy atom. The van der Waals surface area contributed by atoms with Crippen LogP contribution in [0.4, 0.5) is 0 Å². The largest absolute Gasteiger partial charge is 0.344 e. The summed E-state index contributed by atoms with van der Waals surface area (Å²) >= 11 is 0. The first-order valence-corrected chi connectivity index (χ1v) is 8.47. The van der Waals surface area contributed by atoms with E-state index in [0.29, 0.717) is 12.8 Å². The van der Waals surface area contributed by atoms with Gasteiger partial charge in [0.2, 0.25) is 11.8 Å². The Morgan fingerprint density at radius 3 is 2.46 bits per heavy atom. The van der Waals surface area contributed by atoms with Crippen molar-refractivity contribution in [3.8, 4) is 0 Å². The standard InChI is InChI=1S/C18H27N3O2.ClH/c1-19-11-7-10-17(22)20-16(14-15-8-3-2-4-9-15)18(23)21-12-5-6-13-21;/h2-4,8-9,16,19H,5-7,10-14H2,1H3,(H,20,22);1H. The van der Waals surface area contributed by atoms with Gasteiger partial charge in [-0.05, 0) is 38.4 Å². The van der Waals surface area contributed by atoms with Gasteiger partial charge in [-0.1, -0.05) is 30.3 Å². The number of nitrogens with zero attached hydrogens (tertiary/aromatic N) is 1. The van der Waals surface area contributed by atoms with Crippen LogP contribution in [0.15, 0.2) is 30.3 Å². The average Bonchev–Trinajstić information content (AvgIpc) is 3.09. The minimum absolute atomic E-state index is 0. The summed E-state index contributed by atoms with van der Waals surface area (Å²) in [5.74, 6) is 0.00190. The van der Waals surface area contributed by atoms with Gasteiger partial charge in [0, 0.05) is 25.9 Å². The molecule has 0 saturated carbocycles. The van der Waals surface area contributed by atoms with E-state index in [1.807, 2.05) is 42.3 Å². The zero-order valence-corrected chi connectivity index (χ0v) is 15.1. The van der Waals surface area contributed by atoms with Gasteiger partial charge in [0.15, 0.2) is 0 Å².